The molecule has 19 heavy (non-hydrogen) atoms. The molecule has 0 aromatic carbocycles. The Labute approximate surface area is 113 Å². The summed E-state index contributed by atoms with van der Waals surface area (Å²) < 4.78 is 0. The summed E-state index contributed by atoms with van der Waals surface area (Å²) in [6, 6.07) is 2.60. The Bertz CT molecular complexity index is 527. The Morgan fingerprint density at radius 2 is 2.26 bits per heavy atom. The number of pyridine rings is 1. The summed E-state index contributed by atoms with van der Waals surface area (Å²) in [4.78, 5) is 6.82. The molecule has 2 N–H and O–H groups in total. The van der Waals surface area contributed by atoms with E-state index in [1.165, 1.54) is 38.9 Å². The summed E-state index contributed by atoms with van der Waals surface area (Å²) >= 11 is 0. The largest absolute Gasteiger partial charge is 0.382 e. The van der Waals surface area contributed by atoms with Gasteiger partial charge in [-0.2, -0.15) is 5.10 Å². The molecule has 1 saturated heterocycles. The van der Waals surface area contributed by atoms with Crippen LogP contribution in [0, 0.1) is 0 Å². The van der Waals surface area contributed by atoms with E-state index in [4.69, 9.17) is 0 Å². The van der Waals surface area contributed by atoms with Crippen molar-refractivity contribution in [3.63, 3.8) is 0 Å². The lowest BCUT2D eigenvalue weighted by molar-refractivity contribution is 0.219. The predicted molar refractivity (Wildman–Crippen MR) is 77.3 cm³/mol. The maximum Gasteiger partial charge on any atom is 0.157 e. The minimum absolute atomic E-state index is 0.564. The summed E-state index contributed by atoms with van der Waals surface area (Å²) in [6.45, 7) is 5.88. The molecule has 3 rings (SSSR count). The van der Waals surface area contributed by atoms with E-state index in [9.17, 15) is 0 Å². The number of piperidine rings is 1. The van der Waals surface area contributed by atoms with Crippen molar-refractivity contribution < 1.29 is 0 Å². The standard InChI is InChI=1S/C14H21N5/c1-2-7-19-8-4-11(5-9-19)17-13-3-6-15-14-12(13)10-16-18-14/h3,6,10-11H,2,4-5,7-9H2,1H3,(H2,15,16,17,18). The number of nitrogens with one attached hydrogen (secondary N) is 2. The molecule has 1 aliphatic heterocycles. The molecule has 1 aliphatic rings. The van der Waals surface area contributed by atoms with Crippen molar-refractivity contribution in [2.45, 2.75) is 32.2 Å². The van der Waals surface area contributed by atoms with Crippen molar-refractivity contribution in [1.29, 1.82) is 0 Å². The van der Waals surface area contributed by atoms with Gasteiger partial charge in [-0.25, -0.2) is 4.98 Å². The van der Waals surface area contributed by atoms with Crippen LogP contribution in [0.15, 0.2) is 18.5 Å². The molecular weight excluding hydrogens is 238 g/mol. The average Bonchev–Trinajstić information content (AvgIpc) is 2.91. The van der Waals surface area contributed by atoms with Crippen LogP contribution in [0.1, 0.15) is 26.2 Å². The van der Waals surface area contributed by atoms with E-state index in [2.05, 4.69) is 32.3 Å². The fourth-order valence-corrected chi connectivity index (χ4v) is 2.81. The third-order valence-corrected chi connectivity index (χ3v) is 3.84. The molecule has 0 spiro atoms. The van der Waals surface area contributed by atoms with Crippen molar-refractivity contribution in [2.75, 3.05) is 25.0 Å². The molecule has 0 unspecified atom stereocenters. The first-order valence-corrected chi connectivity index (χ1v) is 7.14. The van der Waals surface area contributed by atoms with Gasteiger partial charge in [-0.15, -0.1) is 0 Å². The van der Waals surface area contributed by atoms with E-state index in [1.807, 2.05) is 18.5 Å². The number of aromatic nitrogens is 3. The second-order valence-corrected chi connectivity index (χ2v) is 5.25. The lowest BCUT2D eigenvalue weighted by Gasteiger charge is -2.32. The third kappa shape index (κ3) is 2.71. The minimum atomic E-state index is 0.564. The van der Waals surface area contributed by atoms with Gasteiger partial charge in [-0.05, 0) is 31.9 Å². The molecule has 0 saturated carbocycles. The zero-order chi connectivity index (χ0) is 13.1. The number of H-pyrrole nitrogens is 1. The lowest BCUT2D eigenvalue weighted by Crippen LogP contribution is -2.39. The molecular formula is C14H21N5. The van der Waals surface area contributed by atoms with Crippen molar-refractivity contribution in [3.8, 4) is 0 Å². The number of aromatic amines is 1. The van der Waals surface area contributed by atoms with Crippen LogP contribution >= 0.6 is 0 Å². The topological polar surface area (TPSA) is 56.8 Å². The first kappa shape index (κ1) is 12.4. The fourth-order valence-electron chi connectivity index (χ4n) is 2.81. The Kier molecular flexibility index (Phi) is 3.64. The zero-order valence-corrected chi connectivity index (χ0v) is 11.4. The number of nitrogens with zero attached hydrogens (tertiary/aromatic N) is 3. The smallest absolute Gasteiger partial charge is 0.157 e. The Morgan fingerprint density at radius 3 is 3.05 bits per heavy atom. The maximum atomic E-state index is 4.27. The van der Waals surface area contributed by atoms with Gasteiger partial charge in [0.05, 0.1) is 11.6 Å². The predicted octanol–water partition coefficient (Wildman–Crippen LogP) is 2.24. The highest BCUT2D eigenvalue weighted by molar-refractivity contribution is 5.88. The van der Waals surface area contributed by atoms with Crippen LogP contribution in [0.4, 0.5) is 5.69 Å². The van der Waals surface area contributed by atoms with Crippen LogP contribution in [0.5, 0.6) is 0 Å². The Balaban J connectivity index is 1.65. The summed E-state index contributed by atoms with van der Waals surface area (Å²) in [5, 5.41) is 11.7. The van der Waals surface area contributed by atoms with Gasteiger partial charge in [0, 0.05) is 31.0 Å². The number of hydrogen-bond donors (Lipinski definition) is 2. The van der Waals surface area contributed by atoms with Gasteiger partial charge >= 0.3 is 0 Å². The third-order valence-electron chi connectivity index (χ3n) is 3.84. The summed E-state index contributed by atoms with van der Waals surface area (Å²) in [7, 11) is 0. The molecule has 0 atom stereocenters. The normalized spacial score (nSPS) is 17.9. The van der Waals surface area contributed by atoms with E-state index in [0.29, 0.717) is 6.04 Å². The molecule has 0 amide bonds. The number of hydrogen-bond acceptors (Lipinski definition) is 4. The molecule has 1 fully saturated rings. The molecule has 5 nitrogen and oxygen atoms in total. The highest BCUT2D eigenvalue weighted by atomic mass is 15.2. The summed E-state index contributed by atoms with van der Waals surface area (Å²) in [5.74, 6) is 0. The van der Waals surface area contributed by atoms with Crippen molar-refractivity contribution >= 4 is 16.7 Å². The number of fused-ring (bicyclic) bond motifs is 1. The maximum absolute atomic E-state index is 4.27. The van der Waals surface area contributed by atoms with Crippen LogP contribution in [0.3, 0.4) is 0 Å². The van der Waals surface area contributed by atoms with Crippen molar-refractivity contribution in [3.05, 3.63) is 18.5 Å². The van der Waals surface area contributed by atoms with E-state index in [-0.39, 0.29) is 0 Å². The molecule has 0 aliphatic carbocycles. The number of rotatable bonds is 4. The van der Waals surface area contributed by atoms with Gasteiger partial charge in [-0.3, -0.25) is 5.10 Å². The second kappa shape index (κ2) is 5.57. The zero-order valence-electron chi connectivity index (χ0n) is 11.4. The molecule has 3 heterocycles. The quantitative estimate of drug-likeness (QED) is 0.884. The number of likely N-dealkylation sites (tertiary alicyclic amines) is 1. The second-order valence-electron chi connectivity index (χ2n) is 5.25. The minimum Gasteiger partial charge on any atom is -0.382 e. The van der Waals surface area contributed by atoms with Crippen molar-refractivity contribution in [1.82, 2.24) is 20.1 Å². The molecule has 2 aromatic heterocycles. The highest BCUT2D eigenvalue weighted by Crippen LogP contribution is 2.22. The average molecular weight is 259 g/mol. The van der Waals surface area contributed by atoms with Crippen LogP contribution in [-0.4, -0.2) is 45.8 Å². The van der Waals surface area contributed by atoms with Crippen LogP contribution in [0.2, 0.25) is 0 Å². The van der Waals surface area contributed by atoms with Gasteiger partial charge in [0.2, 0.25) is 0 Å². The monoisotopic (exact) mass is 259 g/mol. The molecule has 0 radical (unpaired) electrons. The lowest BCUT2D eigenvalue weighted by atomic mass is 10.0. The summed E-state index contributed by atoms with van der Waals surface area (Å²) in [6.07, 6.45) is 7.34. The Hall–Kier alpha value is -1.62. The van der Waals surface area contributed by atoms with Gasteiger partial charge in [0.15, 0.2) is 5.65 Å². The highest BCUT2D eigenvalue weighted by Gasteiger charge is 2.19. The summed E-state index contributed by atoms with van der Waals surface area (Å²) in [5.41, 5.74) is 2.00. The molecule has 0 bridgehead atoms. The van der Waals surface area contributed by atoms with E-state index >= 15 is 0 Å². The fraction of sp³-hybridized carbons (Fsp3) is 0.571. The first-order valence-electron chi connectivity index (χ1n) is 7.14. The van der Waals surface area contributed by atoms with Gasteiger partial charge < -0.3 is 10.2 Å². The van der Waals surface area contributed by atoms with Gasteiger partial charge in [0.25, 0.3) is 0 Å². The van der Waals surface area contributed by atoms with E-state index in [0.717, 1.165) is 16.7 Å². The first-order chi connectivity index (χ1) is 9.36. The van der Waals surface area contributed by atoms with Crippen LogP contribution < -0.4 is 5.32 Å². The SMILES string of the molecule is CCCN1CCC(Nc2ccnc3[nH]ncc23)CC1. The van der Waals surface area contributed by atoms with Crippen LogP contribution in [-0.2, 0) is 0 Å². The Morgan fingerprint density at radius 1 is 1.42 bits per heavy atom. The van der Waals surface area contributed by atoms with Crippen molar-refractivity contribution in [2.24, 2.45) is 0 Å². The molecule has 2 aromatic rings. The van der Waals surface area contributed by atoms with Gasteiger partial charge in [-0.1, -0.05) is 6.92 Å². The van der Waals surface area contributed by atoms with Gasteiger partial charge in [0.1, 0.15) is 0 Å². The number of anilines is 1. The van der Waals surface area contributed by atoms with E-state index < -0.39 is 0 Å². The molecule has 5 heteroatoms. The van der Waals surface area contributed by atoms with E-state index in [1.54, 1.807) is 0 Å². The van der Waals surface area contributed by atoms with Crippen LogP contribution in [0.25, 0.3) is 11.0 Å². The molecule has 102 valence electrons.